The molecule has 0 aliphatic carbocycles. The highest BCUT2D eigenvalue weighted by molar-refractivity contribution is 6.30. The van der Waals surface area contributed by atoms with E-state index in [9.17, 15) is 27.6 Å². The van der Waals surface area contributed by atoms with Crippen LogP contribution in [-0.2, 0) is 26.9 Å². The van der Waals surface area contributed by atoms with E-state index in [1.165, 1.54) is 11.0 Å². The minimum atomic E-state index is -4.81. The molecule has 12 heteroatoms. The van der Waals surface area contributed by atoms with Crippen molar-refractivity contribution in [2.75, 3.05) is 23.4 Å². The number of rotatable bonds is 11. The van der Waals surface area contributed by atoms with Crippen molar-refractivity contribution in [1.29, 1.82) is 0 Å². The predicted molar refractivity (Wildman–Crippen MR) is 183 cm³/mol. The van der Waals surface area contributed by atoms with Crippen LogP contribution in [-0.4, -0.2) is 48.9 Å². The van der Waals surface area contributed by atoms with Crippen LogP contribution in [0.1, 0.15) is 28.7 Å². The lowest BCUT2D eigenvalue weighted by molar-refractivity contribution is -0.137. The standard InChI is InChI=1S/C37H32ClF3N4O4/c1-2-27(19-17-24-11-5-3-6-12-24)42-33(46)22-45-32-16-10-9-15-28(32)34(25-13-7-4-8-14-25)43-31(35(45)47)23-49-36(48)44-30-20-18-26(38)21-29(30)37(39,40)41/h2-16,18,20-21,27,31H,1,17,19,22-23H2,(H,42,46)(H,44,48)/t27-,31-/m1/s1. The average molecular weight is 689 g/mol. The number of para-hydroxylation sites is 1. The van der Waals surface area contributed by atoms with Crippen molar-refractivity contribution in [3.05, 3.63) is 143 Å². The van der Waals surface area contributed by atoms with E-state index in [0.717, 1.165) is 11.6 Å². The molecule has 1 heterocycles. The number of benzodiazepines with no additional fused rings is 1. The molecule has 1 aliphatic rings. The summed E-state index contributed by atoms with van der Waals surface area (Å²) < 4.78 is 46.1. The third-order valence-electron chi connectivity index (χ3n) is 7.75. The number of alkyl halides is 3. The number of nitrogens with zero attached hydrogens (tertiary/aromatic N) is 2. The fourth-order valence-electron chi connectivity index (χ4n) is 5.36. The second-order valence-electron chi connectivity index (χ2n) is 11.1. The molecule has 3 amide bonds. The molecule has 0 radical (unpaired) electrons. The highest BCUT2D eigenvalue weighted by Gasteiger charge is 2.36. The van der Waals surface area contributed by atoms with Gasteiger partial charge in [0, 0.05) is 22.2 Å². The zero-order chi connectivity index (χ0) is 35.0. The number of hydrogen-bond acceptors (Lipinski definition) is 5. The molecule has 0 saturated carbocycles. The maximum Gasteiger partial charge on any atom is 0.418 e. The van der Waals surface area contributed by atoms with Gasteiger partial charge in [0.15, 0.2) is 6.04 Å². The number of carbonyl (C=O) groups excluding carboxylic acids is 3. The number of halogens is 4. The molecule has 49 heavy (non-hydrogen) atoms. The number of nitrogens with one attached hydrogen (secondary N) is 2. The molecular weight excluding hydrogens is 657 g/mol. The van der Waals surface area contributed by atoms with E-state index in [1.807, 2.05) is 36.4 Å². The van der Waals surface area contributed by atoms with Crippen LogP contribution < -0.4 is 15.5 Å². The Labute approximate surface area is 286 Å². The van der Waals surface area contributed by atoms with Gasteiger partial charge in [-0.3, -0.25) is 19.9 Å². The minimum absolute atomic E-state index is 0.169. The third kappa shape index (κ3) is 8.94. The molecule has 2 atom stereocenters. The Kier molecular flexibility index (Phi) is 11.1. The molecule has 4 aromatic carbocycles. The Hall–Kier alpha value is -5.42. The van der Waals surface area contributed by atoms with Crippen LogP contribution in [0, 0.1) is 0 Å². The summed E-state index contributed by atoms with van der Waals surface area (Å²) in [6.45, 7) is 2.84. The Morgan fingerprint density at radius 1 is 0.980 bits per heavy atom. The highest BCUT2D eigenvalue weighted by atomic mass is 35.5. The van der Waals surface area contributed by atoms with Gasteiger partial charge in [0.2, 0.25) is 5.91 Å². The second kappa shape index (κ2) is 15.7. The maximum absolute atomic E-state index is 14.1. The molecule has 0 unspecified atom stereocenters. The van der Waals surface area contributed by atoms with Crippen molar-refractivity contribution in [3.63, 3.8) is 0 Å². The molecule has 252 valence electrons. The first-order chi connectivity index (χ1) is 23.5. The van der Waals surface area contributed by atoms with E-state index in [1.54, 1.807) is 54.6 Å². The lowest BCUT2D eigenvalue weighted by atomic mass is 10.00. The summed E-state index contributed by atoms with van der Waals surface area (Å²) in [7, 11) is 0. The van der Waals surface area contributed by atoms with Gasteiger partial charge in [-0.25, -0.2) is 4.79 Å². The number of anilines is 2. The Morgan fingerprint density at radius 3 is 2.35 bits per heavy atom. The van der Waals surface area contributed by atoms with Gasteiger partial charge in [0.25, 0.3) is 5.91 Å². The quantitative estimate of drug-likeness (QED) is 0.160. The molecule has 4 aromatic rings. The van der Waals surface area contributed by atoms with E-state index in [0.29, 0.717) is 41.4 Å². The van der Waals surface area contributed by atoms with E-state index in [4.69, 9.17) is 16.3 Å². The fraction of sp³-hybridized carbons (Fsp3) is 0.189. The summed E-state index contributed by atoms with van der Waals surface area (Å²) >= 11 is 5.75. The number of fused-ring (bicyclic) bond motifs is 1. The van der Waals surface area contributed by atoms with Gasteiger partial charge in [-0.2, -0.15) is 13.2 Å². The Bertz CT molecular complexity index is 1850. The number of benzene rings is 4. The van der Waals surface area contributed by atoms with Crippen LogP contribution in [0.25, 0.3) is 0 Å². The Morgan fingerprint density at radius 2 is 1.65 bits per heavy atom. The minimum Gasteiger partial charge on any atom is -0.446 e. The highest BCUT2D eigenvalue weighted by Crippen LogP contribution is 2.36. The van der Waals surface area contributed by atoms with Crippen molar-refractivity contribution in [2.24, 2.45) is 4.99 Å². The van der Waals surface area contributed by atoms with Crippen molar-refractivity contribution in [3.8, 4) is 0 Å². The molecular formula is C37H32ClF3N4O4. The monoisotopic (exact) mass is 688 g/mol. The van der Waals surface area contributed by atoms with Gasteiger partial charge >= 0.3 is 12.3 Å². The zero-order valence-corrected chi connectivity index (χ0v) is 26.9. The van der Waals surface area contributed by atoms with Crippen LogP contribution in [0.2, 0.25) is 5.02 Å². The molecule has 1 aliphatic heterocycles. The van der Waals surface area contributed by atoms with Crippen LogP contribution in [0.15, 0.2) is 121 Å². The van der Waals surface area contributed by atoms with Crippen molar-refractivity contribution in [2.45, 2.75) is 31.1 Å². The fourth-order valence-corrected chi connectivity index (χ4v) is 5.53. The lowest BCUT2D eigenvalue weighted by Gasteiger charge is -2.25. The van der Waals surface area contributed by atoms with E-state index < -0.39 is 48.0 Å². The number of aliphatic imine (C=N–C) groups is 1. The van der Waals surface area contributed by atoms with Gasteiger partial charge in [-0.1, -0.05) is 96.5 Å². The normalized spacial score (nSPS) is 14.9. The zero-order valence-electron chi connectivity index (χ0n) is 26.1. The maximum atomic E-state index is 14.1. The summed E-state index contributed by atoms with van der Waals surface area (Å²) in [5.74, 6) is -1.10. The summed E-state index contributed by atoms with van der Waals surface area (Å²) in [4.78, 5) is 46.3. The smallest absolute Gasteiger partial charge is 0.418 e. The number of amides is 3. The van der Waals surface area contributed by atoms with Gasteiger partial charge in [-0.15, -0.1) is 6.58 Å². The first kappa shape index (κ1) is 34.9. The number of carbonyl (C=O) groups is 3. The van der Waals surface area contributed by atoms with Gasteiger partial charge in [0.1, 0.15) is 13.2 Å². The van der Waals surface area contributed by atoms with E-state index >= 15 is 0 Å². The number of hydrogen-bond donors (Lipinski definition) is 2. The van der Waals surface area contributed by atoms with Gasteiger partial charge < -0.3 is 15.0 Å². The van der Waals surface area contributed by atoms with Crippen LogP contribution in [0.4, 0.5) is 29.3 Å². The van der Waals surface area contributed by atoms with Gasteiger partial charge in [-0.05, 0) is 42.7 Å². The SMILES string of the molecule is C=C[C@H](CCc1ccccc1)NC(=O)CN1C(=O)[C@@H](COC(=O)Nc2ccc(Cl)cc2C(F)(F)F)N=C(c2ccccc2)c2ccccc21. The summed E-state index contributed by atoms with van der Waals surface area (Å²) in [5, 5.41) is 4.84. The first-order valence-electron chi connectivity index (χ1n) is 15.3. The second-order valence-corrected chi connectivity index (χ2v) is 11.6. The molecule has 0 fully saturated rings. The van der Waals surface area contributed by atoms with Crippen LogP contribution >= 0.6 is 11.6 Å². The molecule has 0 saturated heterocycles. The predicted octanol–water partition coefficient (Wildman–Crippen LogP) is 7.46. The molecule has 0 bridgehead atoms. The van der Waals surface area contributed by atoms with Crippen LogP contribution in [0.3, 0.4) is 0 Å². The number of ether oxygens (including phenoxy) is 1. The van der Waals surface area contributed by atoms with E-state index in [-0.39, 0.29) is 17.6 Å². The van der Waals surface area contributed by atoms with Crippen molar-refractivity contribution < 1.29 is 32.3 Å². The summed E-state index contributed by atoms with van der Waals surface area (Å²) in [5.41, 5.74) is 1.40. The molecule has 2 N–H and O–H groups in total. The first-order valence-corrected chi connectivity index (χ1v) is 15.7. The molecule has 5 rings (SSSR count). The summed E-state index contributed by atoms with van der Waals surface area (Å²) in [6.07, 6.45) is -3.13. The molecule has 8 nitrogen and oxygen atoms in total. The third-order valence-corrected chi connectivity index (χ3v) is 7.98. The lowest BCUT2D eigenvalue weighted by Crippen LogP contribution is -2.47. The summed E-state index contributed by atoms with van der Waals surface area (Å²) in [6, 6.07) is 26.9. The van der Waals surface area contributed by atoms with Crippen molar-refractivity contribution in [1.82, 2.24) is 5.32 Å². The molecule has 0 aromatic heterocycles. The molecule has 0 spiro atoms. The Balaban J connectivity index is 1.39. The average Bonchev–Trinajstić information content (AvgIpc) is 3.21. The topological polar surface area (TPSA) is 100 Å². The number of aryl methyl sites for hydroxylation is 1. The van der Waals surface area contributed by atoms with Gasteiger partial charge in [0.05, 0.1) is 22.6 Å². The largest absolute Gasteiger partial charge is 0.446 e. The van der Waals surface area contributed by atoms with E-state index in [2.05, 4.69) is 22.2 Å². The van der Waals surface area contributed by atoms with Crippen molar-refractivity contribution >= 4 is 46.6 Å². The van der Waals surface area contributed by atoms with Crippen LogP contribution in [0.5, 0.6) is 0 Å².